The first kappa shape index (κ1) is 25.3. The summed E-state index contributed by atoms with van der Waals surface area (Å²) in [7, 11) is 0. The van der Waals surface area contributed by atoms with E-state index in [9.17, 15) is 19.5 Å². The van der Waals surface area contributed by atoms with E-state index in [4.69, 9.17) is 14.2 Å². The van der Waals surface area contributed by atoms with Crippen molar-refractivity contribution in [3.8, 4) is 0 Å². The summed E-state index contributed by atoms with van der Waals surface area (Å²) in [6.45, 7) is 6.96. The van der Waals surface area contributed by atoms with Gasteiger partial charge in [-0.3, -0.25) is 9.59 Å². The number of fused-ring (bicyclic) bond motifs is 3. The van der Waals surface area contributed by atoms with Gasteiger partial charge in [0.05, 0.1) is 11.7 Å². The number of carbonyl (C=O) groups is 3. The summed E-state index contributed by atoms with van der Waals surface area (Å²) in [6, 6.07) is 8.92. The molecule has 1 unspecified atom stereocenters. The van der Waals surface area contributed by atoms with Crippen LogP contribution in [0.2, 0.25) is 0 Å². The number of benzene rings is 1. The maximum absolute atomic E-state index is 13.3. The summed E-state index contributed by atoms with van der Waals surface area (Å²) in [4.78, 5) is 37.3. The van der Waals surface area contributed by atoms with Gasteiger partial charge in [0.25, 0.3) is 0 Å². The number of carbonyl (C=O) groups excluding carboxylic acids is 3. The minimum atomic E-state index is -1.59. The standard InChI is InChI=1S/C31H34O7/c1-18-14-24-23-11-10-21-15-22(37-27(34)20-8-6-5-7-9-20)12-13-28(21,3)31(23)26(38-31)16-29(24,4)30(18,35)25(33)17-36-19(2)32/h5-10,12-13,15,18,23-24,26,35H,11,14,16-17H2,1-4H3/t18-,23+,24+,26+,28+,29+,30+,31?/m1/s1. The number of ketones is 1. The Kier molecular flexibility index (Phi) is 5.47. The molecule has 1 saturated heterocycles. The van der Waals surface area contributed by atoms with Crippen molar-refractivity contribution in [2.45, 2.75) is 64.3 Å². The number of allylic oxidation sites excluding steroid dienone is 3. The highest BCUT2D eigenvalue weighted by molar-refractivity contribution is 5.91. The number of ether oxygens (including phenoxy) is 3. The molecule has 2 saturated carbocycles. The van der Waals surface area contributed by atoms with E-state index in [0.717, 1.165) is 12.0 Å². The van der Waals surface area contributed by atoms with Crippen molar-refractivity contribution in [3.63, 3.8) is 0 Å². The molecule has 3 fully saturated rings. The predicted molar refractivity (Wildman–Crippen MR) is 138 cm³/mol. The van der Waals surface area contributed by atoms with E-state index in [2.05, 4.69) is 19.1 Å². The molecular weight excluding hydrogens is 484 g/mol. The molecule has 0 bridgehead atoms. The van der Waals surface area contributed by atoms with Gasteiger partial charge in [-0.25, -0.2) is 4.79 Å². The van der Waals surface area contributed by atoms with Gasteiger partial charge in [0, 0.05) is 17.8 Å². The molecule has 1 aliphatic heterocycles. The van der Waals surface area contributed by atoms with E-state index >= 15 is 0 Å². The molecule has 1 aromatic rings. The molecule has 7 heteroatoms. The zero-order valence-corrected chi connectivity index (χ0v) is 22.2. The molecule has 1 spiro atoms. The van der Waals surface area contributed by atoms with Gasteiger partial charge in [-0.15, -0.1) is 0 Å². The number of esters is 2. The topological polar surface area (TPSA) is 102 Å². The van der Waals surface area contributed by atoms with Gasteiger partial charge in [0.15, 0.2) is 6.61 Å². The van der Waals surface area contributed by atoms with Gasteiger partial charge in [0.2, 0.25) is 5.78 Å². The lowest BCUT2D eigenvalue weighted by Crippen LogP contribution is -2.62. The van der Waals surface area contributed by atoms with Crippen LogP contribution in [-0.4, -0.2) is 46.7 Å². The minimum Gasteiger partial charge on any atom is -0.458 e. The number of epoxide rings is 1. The summed E-state index contributed by atoms with van der Waals surface area (Å²) in [5.74, 6) is -0.955. The van der Waals surface area contributed by atoms with Gasteiger partial charge >= 0.3 is 11.9 Å². The average molecular weight is 519 g/mol. The van der Waals surface area contributed by atoms with Gasteiger partial charge in [-0.05, 0) is 73.8 Å². The molecule has 8 atom stereocenters. The molecule has 38 heavy (non-hydrogen) atoms. The maximum atomic E-state index is 13.3. The van der Waals surface area contributed by atoms with E-state index < -0.39 is 46.4 Å². The fraction of sp³-hybridized carbons (Fsp3) is 0.516. The fourth-order valence-corrected chi connectivity index (χ4v) is 8.41. The van der Waals surface area contributed by atoms with Gasteiger partial charge in [-0.1, -0.05) is 44.2 Å². The molecule has 5 aliphatic rings. The molecule has 0 aromatic heterocycles. The summed E-state index contributed by atoms with van der Waals surface area (Å²) in [5.41, 5.74) is -1.58. The minimum absolute atomic E-state index is 0.0619. The quantitative estimate of drug-likeness (QED) is 0.458. The number of Topliss-reactive ketones (excluding diaryl/α,β-unsaturated/α-hetero) is 1. The Morgan fingerprint density at radius 2 is 1.87 bits per heavy atom. The Labute approximate surface area is 222 Å². The molecule has 0 radical (unpaired) electrons. The number of hydrogen-bond acceptors (Lipinski definition) is 7. The third kappa shape index (κ3) is 3.18. The van der Waals surface area contributed by atoms with Gasteiger partial charge in [0.1, 0.15) is 17.0 Å². The Hall–Kier alpha value is -3.03. The monoisotopic (exact) mass is 518 g/mol. The lowest BCUT2D eigenvalue weighted by molar-refractivity contribution is -0.170. The van der Waals surface area contributed by atoms with Crippen molar-refractivity contribution >= 4 is 17.7 Å². The first-order valence-corrected chi connectivity index (χ1v) is 13.4. The highest BCUT2D eigenvalue weighted by atomic mass is 16.6. The molecule has 1 N–H and O–H groups in total. The van der Waals surface area contributed by atoms with E-state index in [-0.39, 0.29) is 23.9 Å². The highest BCUT2D eigenvalue weighted by Crippen LogP contribution is 2.75. The van der Waals surface area contributed by atoms with Crippen molar-refractivity contribution < 1.29 is 33.7 Å². The van der Waals surface area contributed by atoms with Crippen molar-refractivity contribution in [1.82, 2.24) is 0 Å². The lowest BCUT2D eigenvalue weighted by atomic mass is 9.48. The van der Waals surface area contributed by atoms with E-state index in [0.29, 0.717) is 24.2 Å². The highest BCUT2D eigenvalue weighted by Gasteiger charge is 2.81. The Morgan fingerprint density at radius 3 is 2.58 bits per heavy atom. The molecule has 1 heterocycles. The second-order valence-corrected chi connectivity index (χ2v) is 12.1. The zero-order valence-electron chi connectivity index (χ0n) is 22.2. The third-order valence-corrected chi connectivity index (χ3v) is 10.3. The van der Waals surface area contributed by atoms with Crippen LogP contribution in [-0.2, 0) is 23.8 Å². The van der Waals surface area contributed by atoms with Crippen LogP contribution < -0.4 is 0 Å². The number of hydrogen-bond donors (Lipinski definition) is 1. The predicted octanol–water partition coefficient (Wildman–Crippen LogP) is 4.32. The molecule has 1 aromatic carbocycles. The molecule has 200 valence electrons. The average Bonchev–Trinajstić information content (AvgIpc) is 3.57. The smallest absolute Gasteiger partial charge is 0.343 e. The summed E-state index contributed by atoms with van der Waals surface area (Å²) in [6.07, 6.45) is 9.96. The van der Waals surface area contributed by atoms with Crippen LogP contribution in [0.4, 0.5) is 0 Å². The zero-order chi connectivity index (χ0) is 27.1. The number of aliphatic hydroxyl groups is 1. The van der Waals surface area contributed by atoms with Crippen LogP contribution in [0.1, 0.15) is 57.3 Å². The van der Waals surface area contributed by atoms with Crippen molar-refractivity contribution in [2.24, 2.45) is 28.6 Å². The normalized spacial score (nSPS) is 41.9. The van der Waals surface area contributed by atoms with Crippen LogP contribution in [0.5, 0.6) is 0 Å². The summed E-state index contributed by atoms with van der Waals surface area (Å²) < 4.78 is 17.3. The maximum Gasteiger partial charge on any atom is 0.343 e. The first-order chi connectivity index (χ1) is 18.0. The SMILES string of the molecule is CC(=O)OCC(=O)[C@@]1(O)[C@H](C)C[C@H]2[C@@H]3CC=C4C=C(OC(=O)c5ccccc5)C=C[C@]4(C)C34O[C@H]4C[C@@]21C. The molecular formula is C31H34O7. The van der Waals surface area contributed by atoms with Crippen LogP contribution in [0.25, 0.3) is 0 Å². The fourth-order valence-electron chi connectivity index (χ4n) is 8.41. The lowest BCUT2D eigenvalue weighted by Gasteiger charge is -2.54. The largest absolute Gasteiger partial charge is 0.458 e. The van der Waals surface area contributed by atoms with Crippen molar-refractivity contribution in [1.29, 1.82) is 0 Å². The summed E-state index contributed by atoms with van der Waals surface area (Å²) >= 11 is 0. The Bertz CT molecular complexity index is 1310. The molecule has 0 amide bonds. The second-order valence-electron chi connectivity index (χ2n) is 12.1. The van der Waals surface area contributed by atoms with Crippen LogP contribution in [0.15, 0.2) is 66.0 Å². The molecule has 7 nitrogen and oxygen atoms in total. The Balaban J connectivity index is 1.29. The van der Waals surface area contributed by atoms with E-state index in [1.807, 2.05) is 32.1 Å². The molecule has 4 aliphatic carbocycles. The number of rotatable bonds is 5. The summed E-state index contributed by atoms with van der Waals surface area (Å²) in [5, 5.41) is 11.9. The van der Waals surface area contributed by atoms with E-state index in [1.165, 1.54) is 6.92 Å². The Morgan fingerprint density at radius 1 is 1.13 bits per heavy atom. The van der Waals surface area contributed by atoms with Crippen LogP contribution in [0.3, 0.4) is 0 Å². The van der Waals surface area contributed by atoms with Gasteiger partial charge in [-0.2, -0.15) is 0 Å². The first-order valence-electron chi connectivity index (χ1n) is 13.4. The third-order valence-electron chi connectivity index (χ3n) is 10.3. The van der Waals surface area contributed by atoms with Crippen molar-refractivity contribution in [3.05, 3.63) is 71.5 Å². The van der Waals surface area contributed by atoms with Crippen molar-refractivity contribution in [2.75, 3.05) is 6.61 Å². The van der Waals surface area contributed by atoms with Gasteiger partial charge < -0.3 is 19.3 Å². The second kappa shape index (κ2) is 8.23. The van der Waals surface area contributed by atoms with Crippen LogP contribution in [0, 0.1) is 28.6 Å². The molecule has 6 rings (SSSR count). The van der Waals surface area contributed by atoms with E-state index in [1.54, 1.807) is 24.3 Å². The van der Waals surface area contributed by atoms with Crippen LogP contribution >= 0.6 is 0 Å².